The molecule has 4 rings (SSSR count). The minimum absolute atomic E-state index is 0.466. The Morgan fingerprint density at radius 1 is 1.04 bits per heavy atom. The molecule has 0 spiro atoms. The molecule has 4 N–H and O–H groups in total. The molecule has 0 bridgehead atoms. The Morgan fingerprint density at radius 3 is 2.56 bits per heavy atom. The fourth-order valence-electron chi connectivity index (χ4n) is 3.26. The number of nitrogens with two attached hydrogens (primary N) is 1. The number of nitrogen functional groups attached to an aromatic ring is 1. The highest BCUT2D eigenvalue weighted by molar-refractivity contribution is 5.83. The highest BCUT2D eigenvalue weighted by Gasteiger charge is 2.17. The normalized spacial score (nSPS) is 16.2. The monoisotopic (exact) mass is 361 g/mol. The fraction of sp³-hybridized carbons (Fsp3) is 0.238. The van der Waals surface area contributed by atoms with Crippen LogP contribution in [-0.2, 0) is 0 Å². The number of ether oxygens (including phenoxy) is 1. The molecule has 1 atom stereocenters. The molecular weight excluding hydrogens is 338 g/mol. The van der Waals surface area contributed by atoms with E-state index in [1.165, 1.54) is 12.7 Å². The zero-order valence-electron chi connectivity index (χ0n) is 15.1. The first-order chi connectivity index (χ1) is 13.3. The van der Waals surface area contributed by atoms with Crippen LogP contribution in [0.1, 0.15) is 6.42 Å². The first-order valence-corrected chi connectivity index (χ1v) is 9.18. The van der Waals surface area contributed by atoms with Gasteiger partial charge < -0.3 is 21.1 Å². The fourth-order valence-corrected chi connectivity index (χ4v) is 3.26. The molecule has 2 heterocycles. The summed E-state index contributed by atoms with van der Waals surface area (Å²) in [6, 6.07) is 17.5. The van der Waals surface area contributed by atoms with Crippen LogP contribution in [0.15, 0.2) is 60.9 Å². The molecule has 6 nitrogen and oxygen atoms in total. The summed E-state index contributed by atoms with van der Waals surface area (Å²) < 4.78 is 5.86. The van der Waals surface area contributed by atoms with Crippen LogP contribution in [-0.4, -0.2) is 29.6 Å². The summed E-state index contributed by atoms with van der Waals surface area (Å²) in [6.07, 6.45) is 2.68. The van der Waals surface area contributed by atoms with Crippen LogP contribution in [0.4, 0.5) is 11.6 Å². The van der Waals surface area contributed by atoms with Gasteiger partial charge in [0.2, 0.25) is 0 Å². The Labute approximate surface area is 158 Å². The highest BCUT2D eigenvalue weighted by Crippen LogP contribution is 2.32. The number of benzene rings is 2. The molecule has 3 aromatic rings. The number of nitrogens with one attached hydrogen (secondary N) is 2. The average Bonchev–Trinajstić information content (AvgIpc) is 3.22. The molecule has 0 amide bonds. The molecule has 1 unspecified atom stereocenters. The minimum atomic E-state index is 0.466. The number of rotatable bonds is 6. The van der Waals surface area contributed by atoms with Crippen molar-refractivity contribution < 1.29 is 4.74 Å². The van der Waals surface area contributed by atoms with Crippen LogP contribution in [0, 0.1) is 5.92 Å². The Balaban J connectivity index is 1.53. The van der Waals surface area contributed by atoms with Gasteiger partial charge in [-0.25, -0.2) is 9.97 Å². The maximum Gasteiger partial charge on any atom is 0.139 e. The van der Waals surface area contributed by atoms with Gasteiger partial charge in [0.05, 0.1) is 5.56 Å². The lowest BCUT2D eigenvalue weighted by Crippen LogP contribution is -2.18. The molecule has 2 aromatic carbocycles. The number of hydrogen-bond acceptors (Lipinski definition) is 6. The lowest BCUT2D eigenvalue weighted by molar-refractivity contribution is 0.483. The van der Waals surface area contributed by atoms with Crippen molar-refractivity contribution in [1.29, 1.82) is 0 Å². The molecule has 0 radical (unpaired) electrons. The van der Waals surface area contributed by atoms with Gasteiger partial charge in [-0.1, -0.05) is 30.3 Å². The number of para-hydroxylation sites is 1. The summed E-state index contributed by atoms with van der Waals surface area (Å²) in [7, 11) is 0. The van der Waals surface area contributed by atoms with Crippen molar-refractivity contribution in [2.45, 2.75) is 6.42 Å². The SMILES string of the molecule is Nc1ncnc(NCC2CCNC2)c1-c1ccc(Oc2ccccc2)cc1. The number of hydrogen-bond donors (Lipinski definition) is 3. The molecule has 0 aliphatic carbocycles. The molecular formula is C21H23N5O. The zero-order valence-corrected chi connectivity index (χ0v) is 15.1. The van der Waals surface area contributed by atoms with Crippen LogP contribution < -0.4 is 21.1 Å². The summed E-state index contributed by atoms with van der Waals surface area (Å²) in [5.41, 5.74) is 7.95. The summed E-state index contributed by atoms with van der Waals surface area (Å²) in [6.45, 7) is 2.98. The van der Waals surface area contributed by atoms with Crippen LogP contribution in [0.25, 0.3) is 11.1 Å². The Kier molecular flexibility index (Phi) is 5.16. The van der Waals surface area contributed by atoms with Crippen LogP contribution in [0.3, 0.4) is 0 Å². The Morgan fingerprint density at radius 2 is 1.81 bits per heavy atom. The molecule has 1 aliphatic heterocycles. The maximum absolute atomic E-state index is 6.16. The Bertz CT molecular complexity index is 877. The third-order valence-electron chi connectivity index (χ3n) is 4.72. The van der Waals surface area contributed by atoms with E-state index in [0.717, 1.165) is 48.1 Å². The number of nitrogens with zero attached hydrogens (tertiary/aromatic N) is 2. The van der Waals surface area contributed by atoms with Crippen molar-refractivity contribution in [3.63, 3.8) is 0 Å². The molecule has 27 heavy (non-hydrogen) atoms. The second-order valence-electron chi connectivity index (χ2n) is 6.66. The molecule has 1 fully saturated rings. The van der Waals surface area contributed by atoms with Gasteiger partial charge in [-0.3, -0.25) is 0 Å². The van der Waals surface area contributed by atoms with Gasteiger partial charge in [0.15, 0.2) is 0 Å². The molecule has 1 saturated heterocycles. The summed E-state index contributed by atoms with van der Waals surface area (Å²) in [4.78, 5) is 8.58. The predicted molar refractivity (Wildman–Crippen MR) is 108 cm³/mol. The topological polar surface area (TPSA) is 85.1 Å². The van der Waals surface area contributed by atoms with Gasteiger partial charge in [-0.2, -0.15) is 0 Å². The Hall–Kier alpha value is -3.12. The van der Waals surface area contributed by atoms with Crippen LogP contribution >= 0.6 is 0 Å². The minimum Gasteiger partial charge on any atom is -0.457 e. The third kappa shape index (κ3) is 4.17. The lowest BCUT2D eigenvalue weighted by Gasteiger charge is -2.15. The molecule has 6 heteroatoms. The number of anilines is 2. The number of aromatic nitrogens is 2. The quantitative estimate of drug-likeness (QED) is 0.623. The molecule has 0 saturated carbocycles. The smallest absolute Gasteiger partial charge is 0.139 e. The van der Waals surface area contributed by atoms with Gasteiger partial charge in [0.1, 0.15) is 29.5 Å². The van der Waals surface area contributed by atoms with Crippen LogP contribution in [0.2, 0.25) is 0 Å². The third-order valence-corrected chi connectivity index (χ3v) is 4.72. The predicted octanol–water partition coefficient (Wildman–Crippen LogP) is 3.54. The van der Waals surface area contributed by atoms with Gasteiger partial charge in [-0.15, -0.1) is 0 Å². The van der Waals surface area contributed by atoms with Crippen molar-refractivity contribution in [3.05, 3.63) is 60.9 Å². The summed E-state index contributed by atoms with van der Waals surface area (Å²) in [5, 5.41) is 6.83. The molecule has 1 aromatic heterocycles. The second kappa shape index (κ2) is 8.05. The molecule has 1 aliphatic rings. The van der Waals surface area contributed by atoms with E-state index in [-0.39, 0.29) is 0 Å². The van der Waals surface area contributed by atoms with E-state index < -0.39 is 0 Å². The van der Waals surface area contributed by atoms with E-state index in [1.807, 2.05) is 54.6 Å². The lowest BCUT2D eigenvalue weighted by atomic mass is 10.1. The van der Waals surface area contributed by atoms with E-state index in [0.29, 0.717) is 11.7 Å². The van der Waals surface area contributed by atoms with Crippen molar-refractivity contribution in [2.24, 2.45) is 5.92 Å². The molecule has 138 valence electrons. The van der Waals surface area contributed by atoms with E-state index in [1.54, 1.807) is 0 Å². The summed E-state index contributed by atoms with van der Waals surface area (Å²) in [5.74, 6) is 3.42. The van der Waals surface area contributed by atoms with Crippen molar-refractivity contribution >= 4 is 11.6 Å². The van der Waals surface area contributed by atoms with E-state index in [2.05, 4.69) is 20.6 Å². The van der Waals surface area contributed by atoms with E-state index in [9.17, 15) is 0 Å². The highest BCUT2D eigenvalue weighted by atomic mass is 16.5. The maximum atomic E-state index is 6.16. The first kappa shape index (κ1) is 17.3. The van der Waals surface area contributed by atoms with Gasteiger partial charge in [0.25, 0.3) is 0 Å². The standard InChI is InChI=1S/C21H23N5O/c22-20-19(21(26-14-25-20)24-13-15-10-11-23-12-15)16-6-8-18(9-7-16)27-17-4-2-1-3-5-17/h1-9,14-15,23H,10-13H2,(H3,22,24,25,26). The van der Waals surface area contributed by atoms with E-state index in [4.69, 9.17) is 10.5 Å². The average molecular weight is 361 g/mol. The zero-order chi connectivity index (χ0) is 18.5. The summed E-state index contributed by atoms with van der Waals surface area (Å²) >= 11 is 0. The van der Waals surface area contributed by atoms with Crippen molar-refractivity contribution in [2.75, 3.05) is 30.7 Å². The van der Waals surface area contributed by atoms with Gasteiger partial charge >= 0.3 is 0 Å². The first-order valence-electron chi connectivity index (χ1n) is 9.18. The van der Waals surface area contributed by atoms with Crippen LogP contribution in [0.5, 0.6) is 11.5 Å². The van der Waals surface area contributed by atoms with E-state index >= 15 is 0 Å². The van der Waals surface area contributed by atoms with Crippen molar-refractivity contribution in [1.82, 2.24) is 15.3 Å². The second-order valence-corrected chi connectivity index (χ2v) is 6.66. The van der Waals surface area contributed by atoms with Crippen molar-refractivity contribution in [3.8, 4) is 22.6 Å². The van der Waals surface area contributed by atoms with Gasteiger partial charge in [-0.05, 0) is 55.3 Å². The largest absolute Gasteiger partial charge is 0.457 e. The van der Waals surface area contributed by atoms with Gasteiger partial charge in [0, 0.05) is 6.54 Å².